The molecule has 1 saturated heterocycles. The Kier molecular flexibility index (Phi) is 10.9. The SMILES string of the molecule is CN1CCC(NC(=O)OCC#Cc2cc(Cl)c(OCc3cnc(SC4(C)C(C)(C)C(C)(C)C(C)(C)C4(C)C)n3-c3cccnc3)cc2Cl)CC1. The number of carbonyl (C=O) groups is 1. The summed E-state index contributed by atoms with van der Waals surface area (Å²) in [5.41, 5.74) is 2.28. The van der Waals surface area contributed by atoms with E-state index in [1.165, 1.54) is 0 Å². The summed E-state index contributed by atoms with van der Waals surface area (Å²) in [6.07, 6.45) is 6.81. The maximum atomic E-state index is 12.2. The number of nitrogens with zero attached hydrogens (tertiary/aromatic N) is 4. The highest BCUT2D eigenvalue weighted by Crippen LogP contribution is 2.78. The minimum atomic E-state index is -0.466. The lowest BCUT2D eigenvalue weighted by Crippen LogP contribution is -2.47. The summed E-state index contributed by atoms with van der Waals surface area (Å²) in [6, 6.07) is 7.41. The smallest absolute Gasteiger partial charge is 0.408 e. The van der Waals surface area contributed by atoms with Gasteiger partial charge in [-0.25, -0.2) is 9.78 Å². The number of piperidine rings is 1. The number of halogens is 2. The van der Waals surface area contributed by atoms with Gasteiger partial charge in [-0.1, -0.05) is 102 Å². The predicted octanol–water partition coefficient (Wildman–Crippen LogP) is 9.29. The van der Waals surface area contributed by atoms with E-state index in [0.29, 0.717) is 21.4 Å². The standard InChI is InChI=1S/C39H51Cl2N5O3S/c1-35(2)36(3,4)38(7,8)39(9,37(35,5)6)50-33-43-24-29(46(33)28-14-11-17-42-23-28)25-49-32-22-30(40)26(21-31(32)41)13-12-20-48-34(47)44-27-15-18-45(10)19-16-27/h11,14,17,21-24,27H,15-16,18-20,25H2,1-10H3,(H,44,47). The molecule has 5 rings (SSSR count). The van der Waals surface area contributed by atoms with Crippen LogP contribution in [0.25, 0.3) is 5.69 Å². The summed E-state index contributed by atoms with van der Waals surface area (Å²) >= 11 is 15.1. The molecule has 1 amide bonds. The van der Waals surface area contributed by atoms with Gasteiger partial charge in [0, 0.05) is 28.6 Å². The van der Waals surface area contributed by atoms with Crippen LogP contribution in [0.3, 0.4) is 0 Å². The van der Waals surface area contributed by atoms with Crippen LogP contribution in [-0.2, 0) is 11.3 Å². The average Bonchev–Trinajstić information content (AvgIpc) is 3.47. The van der Waals surface area contributed by atoms with Crippen molar-refractivity contribution in [1.29, 1.82) is 0 Å². The van der Waals surface area contributed by atoms with E-state index in [1.807, 2.05) is 36.3 Å². The summed E-state index contributed by atoms with van der Waals surface area (Å²) in [5, 5.41) is 4.54. The van der Waals surface area contributed by atoms with Crippen LogP contribution in [0.1, 0.15) is 86.4 Å². The molecule has 1 aliphatic carbocycles. The quantitative estimate of drug-likeness (QED) is 0.231. The first kappa shape index (κ1) is 38.3. The van der Waals surface area contributed by atoms with Crippen molar-refractivity contribution in [2.24, 2.45) is 21.7 Å². The van der Waals surface area contributed by atoms with Crippen LogP contribution in [0.4, 0.5) is 4.79 Å². The van der Waals surface area contributed by atoms with Gasteiger partial charge in [-0.2, -0.15) is 0 Å². The third kappa shape index (κ3) is 6.74. The number of amides is 1. The maximum absolute atomic E-state index is 12.2. The number of likely N-dealkylation sites (tertiary alicyclic amines) is 1. The molecule has 1 aromatic carbocycles. The number of benzene rings is 1. The Morgan fingerprint density at radius 1 is 0.980 bits per heavy atom. The monoisotopic (exact) mass is 739 g/mol. The number of hydrogen-bond acceptors (Lipinski definition) is 7. The molecule has 2 aliphatic rings. The Morgan fingerprint density at radius 2 is 1.64 bits per heavy atom. The molecular weight excluding hydrogens is 689 g/mol. The van der Waals surface area contributed by atoms with Gasteiger partial charge >= 0.3 is 6.09 Å². The molecule has 11 heteroatoms. The lowest BCUT2D eigenvalue weighted by atomic mass is 9.57. The molecule has 2 aromatic heterocycles. The average molecular weight is 741 g/mol. The molecule has 3 heterocycles. The lowest BCUT2D eigenvalue weighted by molar-refractivity contribution is 0.0135. The number of alkyl carbamates (subject to hydrolysis) is 1. The molecule has 0 unspecified atom stereocenters. The van der Waals surface area contributed by atoms with Crippen LogP contribution in [0.5, 0.6) is 5.75 Å². The maximum Gasteiger partial charge on any atom is 0.408 e. The molecule has 0 bridgehead atoms. The molecule has 0 atom stereocenters. The van der Waals surface area contributed by atoms with E-state index in [-0.39, 0.29) is 45.7 Å². The molecule has 2 fully saturated rings. The lowest BCUT2D eigenvalue weighted by Gasteiger charge is -2.49. The number of carbonyl (C=O) groups excluding carboxylic acids is 1. The van der Waals surface area contributed by atoms with Crippen LogP contribution in [0.2, 0.25) is 10.0 Å². The van der Waals surface area contributed by atoms with E-state index in [4.69, 9.17) is 37.7 Å². The van der Waals surface area contributed by atoms with Crippen molar-refractivity contribution in [3.63, 3.8) is 0 Å². The highest BCUT2D eigenvalue weighted by molar-refractivity contribution is 8.00. The Morgan fingerprint density at radius 3 is 2.26 bits per heavy atom. The summed E-state index contributed by atoms with van der Waals surface area (Å²) in [6.45, 7) is 23.7. The van der Waals surface area contributed by atoms with Gasteiger partial charge in [-0.15, -0.1) is 0 Å². The first-order valence-corrected chi connectivity index (χ1v) is 18.8. The van der Waals surface area contributed by atoms with Crippen molar-refractivity contribution in [1.82, 2.24) is 24.8 Å². The Bertz CT molecular complexity index is 1740. The van der Waals surface area contributed by atoms with Gasteiger partial charge < -0.3 is 19.7 Å². The number of ether oxygens (including phenoxy) is 2. The van der Waals surface area contributed by atoms with Gasteiger partial charge in [-0.05, 0) is 79.8 Å². The Labute approximate surface area is 312 Å². The number of imidazole rings is 1. The van der Waals surface area contributed by atoms with Crippen LogP contribution < -0.4 is 10.1 Å². The second-order valence-electron chi connectivity index (χ2n) is 15.9. The van der Waals surface area contributed by atoms with Crippen molar-refractivity contribution in [2.45, 2.75) is 97.7 Å². The minimum absolute atomic E-state index is 0.0417. The molecule has 0 spiro atoms. The molecule has 1 saturated carbocycles. The number of hydrogen-bond donors (Lipinski definition) is 1. The van der Waals surface area contributed by atoms with Crippen LogP contribution in [0.15, 0.2) is 48.0 Å². The number of thioether (sulfide) groups is 1. The van der Waals surface area contributed by atoms with Crippen molar-refractivity contribution in [3.8, 4) is 23.3 Å². The number of pyridine rings is 1. The normalized spacial score (nSPS) is 20.5. The summed E-state index contributed by atoms with van der Waals surface area (Å²) in [5.74, 6) is 6.25. The highest BCUT2D eigenvalue weighted by Gasteiger charge is 2.74. The van der Waals surface area contributed by atoms with Gasteiger partial charge in [-0.3, -0.25) is 9.55 Å². The topological polar surface area (TPSA) is 81.5 Å². The van der Waals surface area contributed by atoms with E-state index >= 15 is 0 Å². The molecule has 0 radical (unpaired) electrons. The predicted molar refractivity (Wildman–Crippen MR) is 203 cm³/mol. The molecule has 50 heavy (non-hydrogen) atoms. The zero-order valence-electron chi connectivity index (χ0n) is 31.0. The molecule has 8 nitrogen and oxygen atoms in total. The first-order valence-electron chi connectivity index (χ1n) is 17.2. The van der Waals surface area contributed by atoms with Crippen LogP contribution in [-0.4, -0.2) is 63.1 Å². The van der Waals surface area contributed by atoms with Crippen molar-refractivity contribution >= 4 is 41.1 Å². The van der Waals surface area contributed by atoms with Crippen molar-refractivity contribution in [3.05, 3.63) is 64.2 Å². The zero-order valence-corrected chi connectivity index (χ0v) is 33.4. The van der Waals surface area contributed by atoms with Crippen molar-refractivity contribution < 1.29 is 14.3 Å². The van der Waals surface area contributed by atoms with E-state index in [2.05, 4.69) is 101 Å². The largest absolute Gasteiger partial charge is 0.486 e. The fourth-order valence-corrected chi connectivity index (χ4v) is 9.98. The fraction of sp³-hybridized carbons (Fsp3) is 0.564. The third-order valence-corrected chi connectivity index (χ3v) is 15.5. The van der Waals surface area contributed by atoms with Gasteiger partial charge in [0.15, 0.2) is 11.8 Å². The second-order valence-corrected chi connectivity index (χ2v) is 18.1. The molecular formula is C39H51Cl2N5O3S. The highest BCUT2D eigenvalue weighted by atomic mass is 35.5. The number of aromatic nitrogens is 3. The van der Waals surface area contributed by atoms with E-state index in [9.17, 15) is 4.79 Å². The Balaban J connectivity index is 1.32. The van der Waals surface area contributed by atoms with E-state index < -0.39 is 6.09 Å². The van der Waals surface area contributed by atoms with Crippen LogP contribution >= 0.6 is 35.0 Å². The van der Waals surface area contributed by atoms with Gasteiger partial charge in [0.1, 0.15) is 12.4 Å². The summed E-state index contributed by atoms with van der Waals surface area (Å²) in [4.78, 5) is 23.8. The van der Waals surface area contributed by atoms with Gasteiger partial charge in [0.2, 0.25) is 0 Å². The summed E-state index contributed by atoms with van der Waals surface area (Å²) < 4.78 is 13.5. The van der Waals surface area contributed by atoms with Gasteiger partial charge in [0.25, 0.3) is 0 Å². The van der Waals surface area contributed by atoms with Gasteiger partial charge in [0.05, 0.1) is 33.8 Å². The minimum Gasteiger partial charge on any atom is -0.486 e. The number of rotatable bonds is 8. The first-order chi connectivity index (χ1) is 23.3. The van der Waals surface area contributed by atoms with E-state index in [1.54, 1.807) is 18.3 Å². The van der Waals surface area contributed by atoms with Crippen LogP contribution in [0, 0.1) is 33.5 Å². The van der Waals surface area contributed by atoms with E-state index in [0.717, 1.165) is 42.5 Å². The number of nitrogens with one attached hydrogen (secondary N) is 1. The molecule has 3 aromatic rings. The van der Waals surface area contributed by atoms with Crippen molar-refractivity contribution in [2.75, 3.05) is 26.7 Å². The second kappa shape index (κ2) is 14.3. The molecule has 1 aliphatic heterocycles. The molecule has 1 N–H and O–H groups in total. The summed E-state index contributed by atoms with van der Waals surface area (Å²) in [7, 11) is 2.08. The molecule has 270 valence electrons. The zero-order chi connectivity index (χ0) is 36.7. The third-order valence-electron chi connectivity index (χ3n) is 13.0. The Hall–Kier alpha value is -2.90. The fourth-order valence-electron chi connectivity index (χ4n) is 7.76.